The summed E-state index contributed by atoms with van der Waals surface area (Å²) in [5.41, 5.74) is 5.14. The molecule has 1 aromatic rings. The van der Waals surface area contributed by atoms with Gasteiger partial charge in [0.05, 0.1) is 10.6 Å². The van der Waals surface area contributed by atoms with E-state index in [1.807, 2.05) is 6.92 Å². The van der Waals surface area contributed by atoms with Gasteiger partial charge < -0.3 is 10.8 Å². The lowest BCUT2D eigenvalue weighted by molar-refractivity contribution is 0.228. The standard InChI is InChI=1S/C12H19FN2O3S/c1-9(8-16)3-2-6-15-19(17,18)10-4-5-11(13)12(14)7-10/h4-5,7,9,15-16H,2-3,6,8,14H2,1H3. The number of aliphatic hydroxyl groups excluding tert-OH is 1. The molecule has 0 fully saturated rings. The monoisotopic (exact) mass is 290 g/mol. The van der Waals surface area contributed by atoms with Crippen LogP contribution in [-0.4, -0.2) is 26.7 Å². The number of benzene rings is 1. The van der Waals surface area contributed by atoms with Gasteiger partial charge in [0.2, 0.25) is 10.0 Å². The van der Waals surface area contributed by atoms with E-state index in [4.69, 9.17) is 10.8 Å². The average molecular weight is 290 g/mol. The molecule has 0 amide bonds. The Bertz CT molecular complexity index is 520. The van der Waals surface area contributed by atoms with Gasteiger partial charge in [0.25, 0.3) is 0 Å². The topological polar surface area (TPSA) is 92.4 Å². The maximum Gasteiger partial charge on any atom is 0.240 e. The Hall–Kier alpha value is -1.18. The molecular weight excluding hydrogens is 271 g/mol. The second-order valence-corrected chi connectivity index (χ2v) is 6.28. The number of nitrogens with one attached hydrogen (secondary N) is 1. The highest BCUT2D eigenvalue weighted by molar-refractivity contribution is 7.89. The maximum absolute atomic E-state index is 13.0. The molecule has 0 spiro atoms. The van der Waals surface area contributed by atoms with Crippen molar-refractivity contribution >= 4 is 15.7 Å². The Balaban J connectivity index is 2.58. The van der Waals surface area contributed by atoms with Crippen LogP contribution in [0.2, 0.25) is 0 Å². The Morgan fingerprint density at radius 2 is 2.16 bits per heavy atom. The SMILES string of the molecule is CC(CO)CCCNS(=O)(=O)c1ccc(F)c(N)c1. The predicted molar refractivity (Wildman–Crippen MR) is 71.5 cm³/mol. The number of nitrogens with two attached hydrogens (primary N) is 1. The zero-order valence-corrected chi connectivity index (χ0v) is 11.6. The zero-order valence-electron chi connectivity index (χ0n) is 10.8. The number of sulfonamides is 1. The van der Waals surface area contributed by atoms with Crippen LogP contribution in [0.1, 0.15) is 19.8 Å². The minimum Gasteiger partial charge on any atom is -0.396 e. The first-order valence-electron chi connectivity index (χ1n) is 6.02. The van der Waals surface area contributed by atoms with Gasteiger partial charge in [-0.3, -0.25) is 0 Å². The van der Waals surface area contributed by atoms with Gasteiger partial charge in [0, 0.05) is 13.2 Å². The predicted octanol–water partition coefficient (Wildman–Crippen LogP) is 1.09. The van der Waals surface area contributed by atoms with Crippen molar-refractivity contribution in [1.82, 2.24) is 4.72 Å². The minimum atomic E-state index is -3.66. The fourth-order valence-corrected chi connectivity index (χ4v) is 2.63. The van der Waals surface area contributed by atoms with Crippen molar-refractivity contribution in [2.45, 2.75) is 24.7 Å². The van der Waals surface area contributed by atoms with Gasteiger partial charge >= 0.3 is 0 Å². The van der Waals surface area contributed by atoms with Gasteiger partial charge in [-0.25, -0.2) is 17.5 Å². The van der Waals surface area contributed by atoms with Crippen molar-refractivity contribution in [1.29, 1.82) is 0 Å². The summed E-state index contributed by atoms with van der Waals surface area (Å²) in [6.45, 7) is 2.24. The van der Waals surface area contributed by atoms with Crippen molar-refractivity contribution in [3.05, 3.63) is 24.0 Å². The van der Waals surface area contributed by atoms with E-state index in [9.17, 15) is 12.8 Å². The van der Waals surface area contributed by atoms with Crippen LogP contribution in [-0.2, 0) is 10.0 Å². The smallest absolute Gasteiger partial charge is 0.240 e. The number of hydrogen-bond donors (Lipinski definition) is 3. The van der Waals surface area contributed by atoms with Crippen LogP contribution in [0.3, 0.4) is 0 Å². The first-order valence-corrected chi connectivity index (χ1v) is 7.50. The van der Waals surface area contributed by atoms with Crippen molar-refractivity contribution in [3.63, 3.8) is 0 Å². The molecule has 0 radical (unpaired) electrons. The van der Waals surface area contributed by atoms with E-state index in [1.54, 1.807) is 0 Å². The fourth-order valence-electron chi connectivity index (χ4n) is 1.52. The lowest BCUT2D eigenvalue weighted by Gasteiger charge is -2.09. The zero-order chi connectivity index (χ0) is 14.5. The van der Waals surface area contributed by atoms with E-state index >= 15 is 0 Å². The van der Waals surface area contributed by atoms with E-state index in [0.717, 1.165) is 18.6 Å². The number of aliphatic hydroxyl groups is 1. The van der Waals surface area contributed by atoms with E-state index in [2.05, 4.69) is 4.72 Å². The van der Waals surface area contributed by atoms with E-state index in [-0.39, 0.29) is 29.7 Å². The van der Waals surface area contributed by atoms with E-state index < -0.39 is 15.8 Å². The summed E-state index contributed by atoms with van der Waals surface area (Å²) in [5, 5.41) is 8.84. The molecule has 0 saturated carbocycles. The van der Waals surface area contributed by atoms with Crippen LogP contribution in [0.25, 0.3) is 0 Å². The molecule has 0 aliphatic rings. The summed E-state index contributed by atoms with van der Waals surface area (Å²) in [7, 11) is -3.66. The molecule has 0 aliphatic heterocycles. The first-order chi connectivity index (χ1) is 8.86. The van der Waals surface area contributed by atoms with Gasteiger partial charge in [-0.2, -0.15) is 0 Å². The Labute approximate surface area is 112 Å². The summed E-state index contributed by atoms with van der Waals surface area (Å²) in [6.07, 6.45) is 1.35. The summed E-state index contributed by atoms with van der Waals surface area (Å²) in [5.74, 6) is -0.498. The molecule has 0 heterocycles. The highest BCUT2D eigenvalue weighted by atomic mass is 32.2. The molecule has 7 heteroatoms. The van der Waals surface area contributed by atoms with Crippen LogP contribution >= 0.6 is 0 Å². The second-order valence-electron chi connectivity index (χ2n) is 4.51. The Kier molecular flexibility index (Phi) is 5.71. The van der Waals surface area contributed by atoms with Gasteiger partial charge in [0.1, 0.15) is 5.82 Å². The molecule has 0 aromatic heterocycles. The number of halogens is 1. The van der Waals surface area contributed by atoms with Crippen molar-refractivity contribution in [3.8, 4) is 0 Å². The number of anilines is 1. The van der Waals surface area contributed by atoms with Gasteiger partial charge in [-0.15, -0.1) is 0 Å². The third-order valence-corrected chi connectivity index (χ3v) is 4.21. The third kappa shape index (κ3) is 4.77. The van der Waals surface area contributed by atoms with E-state index in [1.165, 1.54) is 6.07 Å². The number of hydrogen-bond acceptors (Lipinski definition) is 4. The van der Waals surface area contributed by atoms with Crippen LogP contribution < -0.4 is 10.5 Å². The molecule has 108 valence electrons. The second kappa shape index (κ2) is 6.83. The third-order valence-electron chi connectivity index (χ3n) is 2.76. The van der Waals surface area contributed by atoms with Gasteiger partial charge in [0.15, 0.2) is 0 Å². The number of nitrogen functional groups attached to an aromatic ring is 1. The van der Waals surface area contributed by atoms with Gasteiger partial charge in [-0.05, 0) is 37.0 Å². The lowest BCUT2D eigenvalue weighted by Crippen LogP contribution is -2.25. The molecule has 0 aliphatic carbocycles. The molecule has 1 unspecified atom stereocenters. The summed E-state index contributed by atoms with van der Waals surface area (Å²) >= 11 is 0. The van der Waals surface area contributed by atoms with Gasteiger partial charge in [-0.1, -0.05) is 6.92 Å². The first kappa shape index (κ1) is 15.9. The molecule has 0 saturated heterocycles. The van der Waals surface area contributed by atoms with Crippen molar-refractivity contribution in [2.75, 3.05) is 18.9 Å². The molecule has 1 atom stereocenters. The normalized spacial score (nSPS) is 13.4. The number of rotatable bonds is 7. The highest BCUT2D eigenvalue weighted by Crippen LogP contribution is 2.16. The van der Waals surface area contributed by atoms with Crippen molar-refractivity contribution < 1.29 is 17.9 Å². The molecule has 1 aromatic carbocycles. The van der Waals surface area contributed by atoms with E-state index in [0.29, 0.717) is 6.42 Å². The Morgan fingerprint density at radius 3 is 2.74 bits per heavy atom. The molecule has 5 nitrogen and oxygen atoms in total. The molecule has 4 N–H and O–H groups in total. The summed E-state index contributed by atoms with van der Waals surface area (Å²) in [4.78, 5) is -0.0541. The lowest BCUT2D eigenvalue weighted by atomic mass is 10.1. The quantitative estimate of drug-likeness (QED) is 0.518. The minimum absolute atomic E-state index is 0.0541. The van der Waals surface area contributed by atoms with Crippen LogP contribution in [0.15, 0.2) is 23.1 Å². The molecular formula is C12H19FN2O3S. The van der Waals surface area contributed by atoms with Crippen LogP contribution in [0.4, 0.5) is 10.1 Å². The summed E-state index contributed by atoms with van der Waals surface area (Å²) < 4.78 is 39.1. The average Bonchev–Trinajstić information content (AvgIpc) is 2.37. The molecule has 0 bridgehead atoms. The molecule has 19 heavy (non-hydrogen) atoms. The highest BCUT2D eigenvalue weighted by Gasteiger charge is 2.15. The fraction of sp³-hybridized carbons (Fsp3) is 0.500. The Morgan fingerprint density at radius 1 is 1.47 bits per heavy atom. The largest absolute Gasteiger partial charge is 0.396 e. The maximum atomic E-state index is 13.0. The van der Waals surface area contributed by atoms with Crippen molar-refractivity contribution in [2.24, 2.45) is 5.92 Å². The van der Waals surface area contributed by atoms with Crippen LogP contribution in [0, 0.1) is 11.7 Å². The summed E-state index contributed by atoms with van der Waals surface area (Å²) in [6, 6.07) is 3.29. The molecule has 1 rings (SSSR count). The van der Waals surface area contributed by atoms with Crippen LogP contribution in [0.5, 0.6) is 0 Å².